The second kappa shape index (κ2) is 6.83. The Kier molecular flexibility index (Phi) is 4.42. The summed E-state index contributed by atoms with van der Waals surface area (Å²) in [6, 6.07) is 10.7. The number of aromatic hydroxyl groups is 1. The SMILES string of the molecule is O=C(/C=C/c1ccc(Cn2ccc([N+](=O)[O-])n2)o1)c1cccc(O)c1. The van der Waals surface area contributed by atoms with Gasteiger partial charge in [0.05, 0.1) is 17.4 Å². The molecule has 3 aromatic rings. The molecule has 8 heteroatoms. The molecule has 3 rings (SSSR count). The molecule has 0 atom stereocenters. The molecular formula is C17H13N3O5. The molecule has 2 aromatic heterocycles. The molecule has 0 spiro atoms. The van der Waals surface area contributed by atoms with E-state index >= 15 is 0 Å². The zero-order chi connectivity index (χ0) is 17.8. The second-order valence-electron chi connectivity index (χ2n) is 5.18. The standard InChI is InChI=1S/C17H13N3O5/c21-13-3-1-2-12(10-13)16(22)7-6-14-4-5-15(25-14)11-19-9-8-17(18-19)20(23)24/h1-10,21H,11H2/b7-6+. The molecular weight excluding hydrogens is 326 g/mol. The average molecular weight is 339 g/mol. The maximum absolute atomic E-state index is 12.0. The van der Waals surface area contributed by atoms with Crippen molar-refractivity contribution in [3.63, 3.8) is 0 Å². The Morgan fingerprint density at radius 2 is 2.16 bits per heavy atom. The maximum Gasteiger partial charge on any atom is 0.389 e. The van der Waals surface area contributed by atoms with Gasteiger partial charge in [0.1, 0.15) is 23.8 Å². The summed E-state index contributed by atoms with van der Waals surface area (Å²) in [5, 5.41) is 23.8. The molecule has 0 bridgehead atoms. The predicted molar refractivity (Wildman–Crippen MR) is 88.2 cm³/mol. The molecule has 0 radical (unpaired) electrons. The number of phenols is 1. The van der Waals surface area contributed by atoms with Gasteiger partial charge in [-0.1, -0.05) is 12.1 Å². The van der Waals surface area contributed by atoms with Crippen molar-refractivity contribution in [1.29, 1.82) is 0 Å². The van der Waals surface area contributed by atoms with Crippen molar-refractivity contribution in [3.05, 3.63) is 81.9 Å². The van der Waals surface area contributed by atoms with Crippen LogP contribution in [0, 0.1) is 10.1 Å². The lowest BCUT2D eigenvalue weighted by Crippen LogP contribution is -2.00. The number of furan rings is 1. The molecule has 8 nitrogen and oxygen atoms in total. The highest BCUT2D eigenvalue weighted by Crippen LogP contribution is 2.15. The van der Waals surface area contributed by atoms with Crippen LogP contribution in [0.1, 0.15) is 21.9 Å². The van der Waals surface area contributed by atoms with E-state index in [0.717, 1.165) is 0 Å². The fourth-order valence-corrected chi connectivity index (χ4v) is 2.18. The molecule has 0 aliphatic rings. The molecule has 0 saturated heterocycles. The van der Waals surface area contributed by atoms with Crippen molar-refractivity contribution in [2.75, 3.05) is 0 Å². The van der Waals surface area contributed by atoms with E-state index in [1.54, 1.807) is 24.3 Å². The molecule has 0 aliphatic carbocycles. The molecule has 1 aromatic carbocycles. The molecule has 126 valence electrons. The topological polar surface area (TPSA) is 111 Å². The van der Waals surface area contributed by atoms with E-state index in [4.69, 9.17) is 4.42 Å². The fraction of sp³-hybridized carbons (Fsp3) is 0.0588. The van der Waals surface area contributed by atoms with Gasteiger partial charge in [-0.05, 0) is 41.3 Å². The van der Waals surface area contributed by atoms with Gasteiger partial charge >= 0.3 is 5.82 Å². The Labute approximate surface area is 141 Å². The van der Waals surface area contributed by atoms with Crippen molar-refractivity contribution in [2.45, 2.75) is 6.54 Å². The Balaban J connectivity index is 1.66. The van der Waals surface area contributed by atoms with Gasteiger partial charge in [-0.25, -0.2) is 0 Å². The van der Waals surface area contributed by atoms with Crippen molar-refractivity contribution in [3.8, 4) is 5.75 Å². The minimum Gasteiger partial charge on any atom is -0.508 e. The minimum atomic E-state index is -0.570. The van der Waals surface area contributed by atoms with E-state index in [2.05, 4.69) is 5.10 Å². The van der Waals surface area contributed by atoms with Crippen molar-refractivity contribution in [1.82, 2.24) is 9.78 Å². The predicted octanol–water partition coefficient (Wildman–Crippen LogP) is 3.03. The van der Waals surface area contributed by atoms with Gasteiger partial charge in [-0.15, -0.1) is 0 Å². The average Bonchev–Trinajstić information content (AvgIpc) is 3.22. The van der Waals surface area contributed by atoms with Crippen LogP contribution >= 0.6 is 0 Å². The van der Waals surface area contributed by atoms with Gasteiger partial charge in [0, 0.05) is 5.56 Å². The third kappa shape index (κ3) is 3.99. The molecule has 0 unspecified atom stereocenters. The van der Waals surface area contributed by atoms with E-state index in [-0.39, 0.29) is 23.9 Å². The summed E-state index contributed by atoms with van der Waals surface area (Å²) in [4.78, 5) is 22.1. The second-order valence-corrected chi connectivity index (χ2v) is 5.18. The van der Waals surface area contributed by atoms with Crippen LogP contribution in [0.15, 0.2) is 59.2 Å². The smallest absolute Gasteiger partial charge is 0.389 e. The molecule has 25 heavy (non-hydrogen) atoms. The minimum absolute atomic E-state index is 0.0212. The number of carbonyl (C=O) groups is 1. The van der Waals surface area contributed by atoms with E-state index in [0.29, 0.717) is 17.1 Å². The van der Waals surface area contributed by atoms with Crippen LogP contribution in [0.5, 0.6) is 5.75 Å². The molecule has 0 amide bonds. The first-order chi connectivity index (χ1) is 12.0. The largest absolute Gasteiger partial charge is 0.508 e. The maximum atomic E-state index is 12.0. The van der Waals surface area contributed by atoms with Crippen LogP contribution < -0.4 is 0 Å². The Bertz CT molecular complexity index is 955. The van der Waals surface area contributed by atoms with Gasteiger partial charge < -0.3 is 19.6 Å². The lowest BCUT2D eigenvalue weighted by atomic mass is 10.1. The lowest BCUT2D eigenvalue weighted by molar-refractivity contribution is -0.389. The number of rotatable bonds is 6. The van der Waals surface area contributed by atoms with Gasteiger partial charge in [0.15, 0.2) is 5.78 Å². The van der Waals surface area contributed by atoms with Crippen molar-refractivity contribution < 1.29 is 19.2 Å². The van der Waals surface area contributed by atoms with Crippen LogP contribution in [0.4, 0.5) is 5.82 Å². The molecule has 0 saturated carbocycles. The van der Waals surface area contributed by atoms with Crippen LogP contribution in [-0.4, -0.2) is 25.6 Å². The van der Waals surface area contributed by atoms with Crippen molar-refractivity contribution in [2.24, 2.45) is 0 Å². The summed E-state index contributed by atoms with van der Waals surface area (Å²) >= 11 is 0. The number of carbonyl (C=O) groups excluding carboxylic acids is 1. The van der Waals surface area contributed by atoms with Gasteiger partial charge in [0.2, 0.25) is 0 Å². The van der Waals surface area contributed by atoms with Crippen LogP contribution in [0.2, 0.25) is 0 Å². The van der Waals surface area contributed by atoms with E-state index < -0.39 is 4.92 Å². The number of phenolic OH excluding ortho intramolecular Hbond substituents is 1. The number of nitrogens with zero attached hydrogens (tertiary/aromatic N) is 3. The van der Waals surface area contributed by atoms with Crippen LogP contribution in [0.3, 0.4) is 0 Å². The highest BCUT2D eigenvalue weighted by atomic mass is 16.6. The molecule has 0 fully saturated rings. The third-order valence-electron chi connectivity index (χ3n) is 3.34. The van der Waals surface area contributed by atoms with Crippen LogP contribution in [0.25, 0.3) is 6.08 Å². The summed E-state index contributed by atoms with van der Waals surface area (Å²) in [5.74, 6) is 0.528. The first kappa shape index (κ1) is 16.2. The third-order valence-corrected chi connectivity index (χ3v) is 3.34. The number of aromatic nitrogens is 2. The number of hydrogen-bond donors (Lipinski definition) is 1. The fourth-order valence-electron chi connectivity index (χ4n) is 2.18. The number of hydrogen-bond acceptors (Lipinski definition) is 6. The summed E-state index contributed by atoms with van der Waals surface area (Å²) in [5.41, 5.74) is 0.367. The Hall–Kier alpha value is -3.68. The first-order valence-electron chi connectivity index (χ1n) is 7.29. The van der Waals surface area contributed by atoms with Crippen molar-refractivity contribution >= 4 is 17.7 Å². The monoisotopic (exact) mass is 339 g/mol. The zero-order valence-electron chi connectivity index (χ0n) is 12.9. The first-order valence-corrected chi connectivity index (χ1v) is 7.29. The molecule has 1 N–H and O–H groups in total. The van der Waals surface area contributed by atoms with Gasteiger partial charge in [0.25, 0.3) is 0 Å². The highest BCUT2D eigenvalue weighted by molar-refractivity contribution is 6.06. The van der Waals surface area contributed by atoms with Gasteiger partial charge in [-0.3, -0.25) is 4.79 Å². The van der Waals surface area contributed by atoms with E-state index in [1.807, 2.05) is 0 Å². The van der Waals surface area contributed by atoms with Crippen LogP contribution in [-0.2, 0) is 6.54 Å². The Morgan fingerprint density at radius 3 is 2.88 bits per heavy atom. The molecule has 2 heterocycles. The molecule has 0 aliphatic heterocycles. The van der Waals surface area contributed by atoms with E-state index in [9.17, 15) is 20.0 Å². The summed E-state index contributed by atoms with van der Waals surface area (Å²) in [6.45, 7) is 0.238. The number of benzene rings is 1. The number of allylic oxidation sites excluding steroid dienone is 1. The number of nitro groups is 1. The normalized spacial score (nSPS) is 11.0. The summed E-state index contributed by atoms with van der Waals surface area (Å²) in [7, 11) is 0. The summed E-state index contributed by atoms with van der Waals surface area (Å²) < 4.78 is 6.94. The number of ketones is 1. The quantitative estimate of drug-likeness (QED) is 0.320. The van der Waals surface area contributed by atoms with Gasteiger partial charge in [-0.2, -0.15) is 4.68 Å². The summed E-state index contributed by atoms with van der Waals surface area (Å²) in [6.07, 6.45) is 4.35. The zero-order valence-corrected chi connectivity index (χ0v) is 12.9. The lowest BCUT2D eigenvalue weighted by Gasteiger charge is -1.96. The highest BCUT2D eigenvalue weighted by Gasteiger charge is 2.12. The van der Waals surface area contributed by atoms with E-state index in [1.165, 1.54) is 41.2 Å². The Morgan fingerprint density at radius 1 is 1.32 bits per heavy atom.